The number of likely N-dealkylation sites (N-methyl/N-ethyl adjacent to an activating group) is 1. The summed E-state index contributed by atoms with van der Waals surface area (Å²) in [7, 11) is 3.58. The summed E-state index contributed by atoms with van der Waals surface area (Å²) >= 11 is 0. The molecule has 0 saturated heterocycles. The van der Waals surface area contributed by atoms with Crippen LogP contribution < -0.4 is 16.0 Å². The van der Waals surface area contributed by atoms with E-state index in [1.165, 1.54) is 0 Å². The second-order valence-electron chi connectivity index (χ2n) is 4.85. The summed E-state index contributed by atoms with van der Waals surface area (Å²) in [6.45, 7) is 0.806. The highest BCUT2D eigenvalue weighted by Gasteiger charge is 2.09. The molecule has 0 unspecified atom stereocenters. The number of benzene rings is 1. The van der Waals surface area contributed by atoms with E-state index in [4.69, 9.17) is 5.73 Å². The maximum Gasteiger partial charge on any atom is 0.251 e. The fraction of sp³-hybridized carbons (Fsp3) is 0.250. The van der Waals surface area contributed by atoms with Crippen LogP contribution in [0.15, 0.2) is 42.6 Å². The lowest BCUT2D eigenvalue weighted by Gasteiger charge is -2.21. The summed E-state index contributed by atoms with van der Waals surface area (Å²) < 4.78 is 0. The first-order chi connectivity index (χ1) is 10.1. The molecule has 21 heavy (non-hydrogen) atoms. The van der Waals surface area contributed by atoms with Crippen LogP contribution >= 0.6 is 0 Å². The molecule has 5 heteroatoms. The van der Waals surface area contributed by atoms with Gasteiger partial charge in [-0.05, 0) is 30.3 Å². The van der Waals surface area contributed by atoms with Gasteiger partial charge in [-0.25, -0.2) is 0 Å². The molecular formula is C16H20N4O. The van der Waals surface area contributed by atoms with E-state index < -0.39 is 0 Å². The molecule has 1 aromatic heterocycles. The predicted octanol–water partition coefficient (Wildman–Crippen LogP) is 1.70. The van der Waals surface area contributed by atoms with Gasteiger partial charge in [-0.1, -0.05) is 6.07 Å². The van der Waals surface area contributed by atoms with Crippen LogP contribution in [0.2, 0.25) is 0 Å². The van der Waals surface area contributed by atoms with Gasteiger partial charge in [0.1, 0.15) is 0 Å². The summed E-state index contributed by atoms with van der Waals surface area (Å²) in [5.41, 5.74) is 9.17. The molecule has 5 nitrogen and oxygen atoms in total. The summed E-state index contributed by atoms with van der Waals surface area (Å²) in [4.78, 5) is 17.9. The number of nitrogen functional groups attached to an aromatic ring is 1. The Morgan fingerprint density at radius 3 is 2.76 bits per heavy atom. The summed E-state index contributed by atoms with van der Waals surface area (Å²) in [6.07, 6.45) is 2.63. The molecule has 3 N–H and O–H groups in total. The van der Waals surface area contributed by atoms with E-state index in [0.717, 1.165) is 24.3 Å². The minimum atomic E-state index is -0.135. The first-order valence-electron chi connectivity index (χ1n) is 6.84. The highest BCUT2D eigenvalue weighted by atomic mass is 16.1. The number of carbonyl (C=O) groups excluding carboxylic acids is 1. The average Bonchev–Trinajstić information content (AvgIpc) is 2.52. The quantitative estimate of drug-likeness (QED) is 0.820. The standard InChI is InChI=1S/C16H20N4O/c1-18-16(21)12-6-7-15(14(17)11-12)20(2)10-8-13-5-3-4-9-19-13/h3-7,9,11H,8,10,17H2,1-2H3,(H,18,21). The Hall–Kier alpha value is -2.56. The molecule has 0 fully saturated rings. The van der Waals surface area contributed by atoms with Gasteiger partial charge in [0.2, 0.25) is 0 Å². The van der Waals surface area contributed by atoms with Crippen molar-refractivity contribution in [2.75, 3.05) is 31.3 Å². The van der Waals surface area contributed by atoms with E-state index in [2.05, 4.69) is 15.2 Å². The topological polar surface area (TPSA) is 71.2 Å². The maximum atomic E-state index is 11.6. The molecule has 0 spiro atoms. The minimum absolute atomic E-state index is 0.135. The molecule has 0 bridgehead atoms. The summed E-state index contributed by atoms with van der Waals surface area (Å²) in [5, 5.41) is 2.59. The Morgan fingerprint density at radius 2 is 2.14 bits per heavy atom. The third-order valence-corrected chi connectivity index (χ3v) is 3.36. The van der Waals surface area contributed by atoms with Crippen LogP contribution in [0.5, 0.6) is 0 Å². The molecule has 110 valence electrons. The second kappa shape index (κ2) is 6.74. The number of nitrogens with one attached hydrogen (secondary N) is 1. The largest absolute Gasteiger partial charge is 0.397 e. The van der Waals surface area contributed by atoms with Gasteiger partial charge in [0.05, 0.1) is 11.4 Å². The monoisotopic (exact) mass is 284 g/mol. The Balaban J connectivity index is 2.05. The molecule has 1 heterocycles. The number of rotatable bonds is 5. The van der Waals surface area contributed by atoms with Gasteiger partial charge in [-0.15, -0.1) is 0 Å². The van der Waals surface area contributed by atoms with E-state index in [0.29, 0.717) is 11.3 Å². The van der Waals surface area contributed by atoms with Gasteiger partial charge in [0, 0.05) is 44.5 Å². The number of nitrogens with zero attached hydrogens (tertiary/aromatic N) is 2. The van der Waals surface area contributed by atoms with Crippen molar-refractivity contribution in [2.24, 2.45) is 0 Å². The molecule has 0 saturated carbocycles. The Bertz CT molecular complexity index is 613. The Labute approximate surface area is 124 Å². The molecular weight excluding hydrogens is 264 g/mol. The average molecular weight is 284 g/mol. The lowest BCUT2D eigenvalue weighted by molar-refractivity contribution is 0.0963. The van der Waals surface area contributed by atoms with Crippen LogP contribution in [-0.4, -0.2) is 31.5 Å². The van der Waals surface area contributed by atoms with Crippen LogP contribution in [0.4, 0.5) is 11.4 Å². The van der Waals surface area contributed by atoms with E-state index in [9.17, 15) is 4.79 Å². The molecule has 1 aromatic carbocycles. The van der Waals surface area contributed by atoms with Gasteiger partial charge in [-0.3, -0.25) is 9.78 Å². The Kier molecular flexibility index (Phi) is 4.77. The van der Waals surface area contributed by atoms with E-state index >= 15 is 0 Å². The van der Waals surface area contributed by atoms with Crippen LogP contribution in [0, 0.1) is 0 Å². The number of anilines is 2. The summed E-state index contributed by atoms with van der Waals surface area (Å²) in [5.74, 6) is -0.135. The van der Waals surface area contributed by atoms with E-state index in [1.54, 1.807) is 25.4 Å². The third kappa shape index (κ3) is 3.72. The highest BCUT2D eigenvalue weighted by Crippen LogP contribution is 2.23. The van der Waals surface area contributed by atoms with Crippen molar-refractivity contribution in [1.29, 1.82) is 0 Å². The molecule has 0 atom stereocenters. The lowest BCUT2D eigenvalue weighted by Crippen LogP contribution is -2.23. The number of carbonyl (C=O) groups is 1. The maximum absolute atomic E-state index is 11.6. The summed E-state index contributed by atoms with van der Waals surface area (Å²) in [6, 6.07) is 11.2. The zero-order valence-corrected chi connectivity index (χ0v) is 12.3. The number of nitrogens with two attached hydrogens (primary N) is 1. The number of pyridine rings is 1. The fourth-order valence-corrected chi connectivity index (χ4v) is 2.14. The Morgan fingerprint density at radius 1 is 1.33 bits per heavy atom. The molecule has 0 aliphatic carbocycles. The first kappa shape index (κ1) is 14.8. The van der Waals surface area contributed by atoms with Crippen molar-refractivity contribution >= 4 is 17.3 Å². The molecule has 2 aromatic rings. The molecule has 0 aliphatic heterocycles. The van der Waals surface area contributed by atoms with Crippen molar-refractivity contribution in [1.82, 2.24) is 10.3 Å². The molecule has 0 radical (unpaired) electrons. The second-order valence-corrected chi connectivity index (χ2v) is 4.85. The lowest BCUT2D eigenvalue weighted by atomic mass is 10.1. The zero-order valence-electron chi connectivity index (χ0n) is 12.3. The predicted molar refractivity (Wildman–Crippen MR) is 85.5 cm³/mol. The van der Waals surface area contributed by atoms with Crippen LogP contribution in [0.25, 0.3) is 0 Å². The third-order valence-electron chi connectivity index (χ3n) is 3.36. The molecule has 2 rings (SSSR count). The van der Waals surface area contributed by atoms with Gasteiger partial charge < -0.3 is 16.0 Å². The minimum Gasteiger partial charge on any atom is -0.397 e. The fourth-order valence-electron chi connectivity index (χ4n) is 2.14. The zero-order chi connectivity index (χ0) is 15.2. The van der Waals surface area contributed by atoms with Gasteiger partial charge in [0.15, 0.2) is 0 Å². The van der Waals surface area contributed by atoms with Crippen molar-refractivity contribution in [3.8, 4) is 0 Å². The SMILES string of the molecule is CNC(=O)c1ccc(N(C)CCc2ccccn2)c(N)c1. The normalized spacial score (nSPS) is 10.2. The van der Waals surface area contributed by atoms with Crippen molar-refractivity contribution in [2.45, 2.75) is 6.42 Å². The first-order valence-corrected chi connectivity index (χ1v) is 6.84. The van der Waals surface area contributed by atoms with Gasteiger partial charge >= 0.3 is 0 Å². The number of aromatic nitrogens is 1. The number of hydrogen-bond acceptors (Lipinski definition) is 4. The van der Waals surface area contributed by atoms with Crippen LogP contribution in [0.1, 0.15) is 16.1 Å². The van der Waals surface area contributed by atoms with E-state index in [-0.39, 0.29) is 5.91 Å². The van der Waals surface area contributed by atoms with Gasteiger partial charge in [-0.2, -0.15) is 0 Å². The molecule has 1 amide bonds. The smallest absolute Gasteiger partial charge is 0.251 e. The number of hydrogen-bond donors (Lipinski definition) is 2. The van der Waals surface area contributed by atoms with E-state index in [1.807, 2.05) is 31.3 Å². The number of amides is 1. The van der Waals surface area contributed by atoms with Crippen molar-refractivity contribution in [3.63, 3.8) is 0 Å². The van der Waals surface area contributed by atoms with Crippen molar-refractivity contribution in [3.05, 3.63) is 53.9 Å². The molecule has 0 aliphatic rings. The van der Waals surface area contributed by atoms with Crippen LogP contribution in [0.3, 0.4) is 0 Å². The van der Waals surface area contributed by atoms with Crippen LogP contribution in [-0.2, 0) is 6.42 Å². The highest BCUT2D eigenvalue weighted by molar-refractivity contribution is 5.96. The van der Waals surface area contributed by atoms with Crippen molar-refractivity contribution < 1.29 is 4.79 Å². The van der Waals surface area contributed by atoms with Gasteiger partial charge in [0.25, 0.3) is 5.91 Å².